The first-order chi connectivity index (χ1) is 11.2. The zero-order chi connectivity index (χ0) is 15.8. The molecule has 1 unspecified atom stereocenters. The number of hydrogen-bond acceptors (Lipinski definition) is 4. The smallest absolute Gasteiger partial charge is 0.337 e. The van der Waals surface area contributed by atoms with Crippen LogP contribution >= 0.6 is 0 Å². The molecule has 0 aromatic carbocycles. The van der Waals surface area contributed by atoms with E-state index in [9.17, 15) is 9.59 Å². The molecule has 23 heavy (non-hydrogen) atoms. The third-order valence-electron chi connectivity index (χ3n) is 4.85. The summed E-state index contributed by atoms with van der Waals surface area (Å²) in [5, 5.41) is 7.24. The van der Waals surface area contributed by atoms with Gasteiger partial charge in [-0.1, -0.05) is 0 Å². The van der Waals surface area contributed by atoms with E-state index in [1.165, 1.54) is 6.20 Å². The molecule has 2 N–H and O–H groups in total. The third-order valence-corrected chi connectivity index (χ3v) is 4.85. The maximum atomic E-state index is 12.8. The van der Waals surface area contributed by atoms with Crippen LogP contribution in [0, 0.1) is 0 Å². The number of likely N-dealkylation sites (tertiary alicyclic amines) is 1. The highest BCUT2D eigenvalue weighted by atomic mass is 16.2. The Morgan fingerprint density at radius 1 is 1.30 bits per heavy atom. The Kier molecular flexibility index (Phi) is 3.48. The van der Waals surface area contributed by atoms with Gasteiger partial charge in [0.05, 0.1) is 0 Å². The fraction of sp³-hybridized carbons (Fsp3) is 0.500. The topological polar surface area (TPSA) is 94.7 Å². The molecular weight excluding hydrogens is 294 g/mol. The first-order valence-electron chi connectivity index (χ1n) is 8.13. The van der Waals surface area contributed by atoms with Crippen LogP contribution in [-0.2, 0) is 12.8 Å². The molecular formula is C16H19N5O2. The predicted molar refractivity (Wildman–Crippen MR) is 83.3 cm³/mol. The van der Waals surface area contributed by atoms with Crippen LogP contribution in [0.4, 0.5) is 0 Å². The number of amides is 1. The Hall–Kier alpha value is -2.44. The van der Waals surface area contributed by atoms with E-state index in [4.69, 9.17) is 0 Å². The average molecular weight is 313 g/mol. The number of aromatic nitrogens is 4. The molecule has 0 spiro atoms. The van der Waals surface area contributed by atoms with Crippen molar-refractivity contribution in [2.75, 3.05) is 13.1 Å². The van der Waals surface area contributed by atoms with Gasteiger partial charge in [0.25, 0.3) is 5.91 Å². The minimum atomic E-state index is -0.337. The number of carbonyl (C=O) groups excluding carboxylic acids is 1. The lowest BCUT2D eigenvalue weighted by Crippen LogP contribution is -2.40. The molecule has 3 heterocycles. The minimum absolute atomic E-state index is 0.00510. The van der Waals surface area contributed by atoms with Crippen LogP contribution in [0.5, 0.6) is 0 Å². The SMILES string of the molecule is O=C(c1n[nH]c2c1CCC2)N1CCCC(c2ccnc(=O)[nH]2)C1. The molecule has 0 saturated carbocycles. The van der Waals surface area contributed by atoms with Crippen molar-refractivity contribution in [2.24, 2.45) is 0 Å². The number of nitrogens with one attached hydrogen (secondary N) is 2. The minimum Gasteiger partial charge on any atom is -0.337 e. The average Bonchev–Trinajstić information content (AvgIpc) is 3.18. The fourth-order valence-corrected chi connectivity index (χ4v) is 3.68. The van der Waals surface area contributed by atoms with Crippen LogP contribution in [0.25, 0.3) is 0 Å². The van der Waals surface area contributed by atoms with Crippen molar-refractivity contribution < 1.29 is 4.79 Å². The summed E-state index contributed by atoms with van der Waals surface area (Å²) in [4.78, 5) is 32.5. The maximum absolute atomic E-state index is 12.8. The van der Waals surface area contributed by atoms with Gasteiger partial charge in [0, 0.05) is 42.2 Å². The molecule has 7 nitrogen and oxygen atoms in total. The summed E-state index contributed by atoms with van der Waals surface area (Å²) in [7, 11) is 0. The number of aromatic amines is 2. The molecule has 1 aliphatic carbocycles. The molecule has 1 fully saturated rings. The van der Waals surface area contributed by atoms with Gasteiger partial charge < -0.3 is 9.88 Å². The summed E-state index contributed by atoms with van der Waals surface area (Å²) in [6.07, 6.45) is 6.41. The Morgan fingerprint density at radius 3 is 3.09 bits per heavy atom. The maximum Gasteiger partial charge on any atom is 0.345 e. The van der Waals surface area contributed by atoms with Crippen LogP contribution in [0.1, 0.15) is 52.6 Å². The van der Waals surface area contributed by atoms with E-state index in [1.807, 2.05) is 11.0 Å². The van der Waals surface area contributed by atoms with Crippen LogP contribution in [0.15, 0.2) is 17.1 Å². The number of hydrogen-bond donors (Lipinski definition) is 2. The molecule has 1 saturated heterocycles. The van der Waals surface area contributed by atoms with E-state index in [2.05, 4.69) is 20.2 Å². The monoisotopic (exact) mass is 313 g/mol. The van der Waals surface area contributed by atoms with Crippen LogP contribution in [0.3, 0.4) is 0 Å². The van der Waals surface area contributed by atoms with E-state index >= 15 is 0 Å². The first kappa shape index (κ1) is 14.2. The molecule has 2 aromatic rings. The van der Waals surface area contributed by atoms with Crippen molar-refractivity contribution >= 4 is 5.91 Å². The highest BCUT2D eigenvalue weighted by Crippen LogP contribution is 2.28. The number of H-pyrrole nitrogens is 2. The second-order valence-corrected chi connectivity index (χ2v) is 6.30. The molecule has 120 valence electrons. The van der Waals surface area contributed by atoms with Gasteiger partial charge in [-0.3, -0.25) is 9.89 Å². The fourth-order valence-electron chi connectivity index (χ4n) is 3.68. The number of aryl methyl sites for hydroxylation is 1. The molecule has 0 radical (unpaired) electrons. The second kappa shape index (κ2) is 5.64. The van der Waals surface area contributed by atoms with E-state index in [1.54, 1.807) is 0 Å². The summed E-state index contributed by atoms with van der Waals surface area (Å²) < 4.78 is 0. The molecule has 7 heteroatoms. The predicted octanol–water partition coefficient (Wildman–Crippen LogP) is 1.00. The normalized spacial score (nSPS) is 20.5. The van der Waals surface area contributed by atoms with Crippen molar-refractivity contribution in [3.8, 4) is 0 Å². The van der Waals surface area contributed by atoms with E-state index in [0.717, 1.165) is 55.6 Å². The standard InChI is InChI=1S/C16H19N5O2/c22-15(14-11-4-1-5-13(11)19-20-14)21-8-2-3-10(9-21)12-6-7-17-16(23)18-12/h6-7,10H,1-5,8-9H2,(H,19,20)(H,17,18,23). The van der Waals surface area contributed by atoms with Crippen molar-refractivity contribution in [1.82, 2.24) is 25.1 Å². The molecule has 2 aromatic heterocycles. The van der Waals surface area contributed by atoms with Crippen molar-refractivity contribution in [3.63, 3.8) is 0 Å². The van der Waals surface area contributed by atoms with Crippen molar-refractivity contribution in [3.05, 3.63) is 45.4 Å². The molecule has 1 aliphatic heterocycles. The zero-order valence-electron chi connectivity index (χ0n) is 12.8. The highest BCUT2D eigenvalue weighted by molar-refractivity contribution is 5.94. The lowest BCUT2D eigenvalue weighted by atomic mass is 9.94. The molecule has 4 rings (SSSR count). The van der Waals surface area contributed by atoms with E-state index in [0.29, 0.717) is 12.2 Å². The number of fused-ring (bicyclic) bond motifs is 1. The molecule has 2 aliphatic rings. The third kappa shape index (κ3) is 2.56. The summed E-state index contributed by atoms with van der Waals surface area (Å²) in [6, 6.07) is 1.83. The summed E-state index contributed by atoms with van der Waals surface area (Å²) >= 11 is 0. The Labute approximate surface area is 133 Å². The van der Waals surface area contributed by atoms with Gasteiger partial charge in [-0.25, -0.2) is 9.78 Å². The van der Waals surface area contributed by atoms with E-state index < -0.39 is 0 Å². The number of piperidine rings is 1. The lowest BCUT2D eigenvalue weighted by Gasteiger charge is -2.32. The Bertz CT molecular complexity index is 794. The summed E-state index contributed by atoms with van der Waals surface area (Å²) in [5.74, 6) is 0.154. The van der Waals surface area contributed by atoms with Gasteiger partial charge in [0.2, 0.25) is 0 Å². The largest absolute Gasteiger partial charge is 0.345 e. The Morgan fingerprint density at radius 2 is 2.22 bits per heavy atom. The van der Waals surface area contributed by atoms with Crippen LogP contribution in [-0.4, -0.2) is 44.1 Å². The van der Waals surface area contributed by atoms with Crippen LogP contribution in [0.2, 0.25) is 0 Å². The summed E-state index contributed by atoms with van der Waals surface area (Å²) in [6.45, 7) is 1.35. The van der Waals surface area contributed by atoms with Gasteiger partial charge in [-0.05, 0) is 38.2 Å². The van der Waals surface area contributed by atoms with E-state index in [-0.39, 0.29) is 17.5 Å². The second-order valence-electron chi connectivity index (χ2n) is 6.30. The highest BCUT2D eigenvalue weighted by Gasteiger charge is 2.30. The van der Waals surface area contributed by atoms with Crippen molar-refractivity contribution in [2.45, 2.75) is 38.0 Å². The van der Waals surface area contributed by atoms with Gasteiger partial charge in [-0.15, -0.1) is 0 Å². The number of nitrogens with zero attached hydrogens (tertiary/aromatic N) is 3. The zero-order valence-corrected chi connectivity index (χ0v) is 12.8. The van der Waals surface area contributed by atoms with Gasteiger partial charge >= 0.3 is 5.69 Å². The van der Waals surface area contributed by atoms with Gasteiger partial charge in [-0.2, -0.15) is 5.10 Å². The molecule has 1 atom stereocenters. The molecule has 1 amide bonds. The number of carbonyl (C=O) groups is 1. The number of rotatable bonds is 2. The molecule has 0 bridgehead atoms. The van der Waals surface area contributed by atoms with Gasteiger partial charge in [0.15, 0.2) is 5.69 Å². The lowest BCUT2D eigenvalue weighted by molar-refractivity contribution is 0.0698. The first-order valence-corrected chi connectivity index (χ1v) is 8.13. The van der Waals surface area contributed by atoms with Gasteiger partial charge in [0.1, 0.15) is 0 Å². The van der Waals surface area contributed by atoms with Crippen molar-refractivity contribution in [1.29, 1.82) is 0 Å². The van der Waals surface area contributed by atoms with Crippen LogP contribution < -0.4 is 5.69 Å². The Balaban J connectivity index is 1.55. The quantitative estimate of drug-likeness (QED) is 0.865. The summed E-state index contributed by atoms with van der Waals surface area (Å²) in [5.41, 5.74) is 3.31.